The molecule has 0 bridgehead atoms. The summed E-state index contributed by atoms with van der Waals surface area (Å²) in [5.41, 5.74) is 2.58. The second-order valence-electron chi connectivity index (χ2n) is 5.90. The molecular weight excluding hydrogens is 340 g/mol. The van der Waals surface area contributed by atoms with Gasteiger partial charge in [0.05, 0.1) is 17.1 Å². The molecule has 0 aliphatic heterocycles. The summed E-state index contributed by atoms with van der Waals surface area (Å²) in [5.74, 6) is 2.02. The van der Waals surface area contributed by atoms with E-state index < -0.39 is 9.84 Å². The van der Waals surface area contributed by atoms with Gasteiger partial charge in [-0.2, -0.15) is 0 Å². The van der Waals surface area contributed by atoms with E-state index >= 15 is 0 Å². The number of aromatic nitrogens is 1. The Labute approximate surface area is 148 Å². The van der Waals surface area contributed by atoms with Crippen LogP contribution in [0.2, 0.25) is 0 Å². The number of sulfone groups is 1. The van der Waals surface area contributed by atoms with E-state index in [1.54, 1.807) is 26.1 Å². The van der Waals surface area contributed by atoms with Crippen molar-refractivity contribution in [2.24, 2.45) is 4.99 Å². The third kappa shape index (κ3) is 5.06. The average molecular weight is 364 g/mol. The number of rotatable bonds is 5. The Kier molecular flexibility index (Phi) is 5.84. The van der Waals surface area contributed by atoms with Gasteiger partial charge in [-0.05, 0) is 38.0 Å². The first kappa shape index (κ1) is 19.0. The van der Waals surface area contributed by atoms with E-state index in [1.165, 1.54) is 6.26 Å². The lowest BCUT2D eigenvalue weighted by Gasteiger charge is -2.12. The molecule has 2 aromatic rings. The van der Waals surface area contributed by atoms with Crippen molar-refractivity contribution in [3.8, 4) is 0 Å². The van der Waals surface area contributed by atoms with E-state index in [-0.39, 0.29) is 0 Å². The van der Waals surface area contributed by atoms with Crippen molar-refractivity contribution in [2.75, 3.05) is 13.3 Å². The first-order chi connectivity index (χ1) is 11.7. The van der Waals surface area contributed by atoms with Gasteiger partial charge in [-0.1, -0.05) is 12.1 Å². The molecule has 136 valence electrons. The summed E-state index contributed by atoms with van der Waals surface area (Å²) in [6, 6.07) is 5.29. The molecule has 25 heavy (non-hydrogen) atoms. The maximum atomic E-state index is 11.7. The third-order valence-corrected chi connectivity index (χ3v) is 5.06. The van der Waals surface area contributed by atoms with E-state index in [0.29, 0.717) is 29.8 Å². The molecular formula is C17H24N4O3S. The highest BCUT2D eigenvalue weighted by Gasteiger charge is 2.11. The Morgan fingerprint density at radius 3 is 2.40 bits per heavy atom. The predicted molar refractivity (Wildman–Crippen MR) is 97.3 cm³/mol. The number of hydrogen-bond acceptors (Lipinski definition) is 5. The van der Waals surface area contributed by atoms with E-state index in [1.807, 2.05) is 19.9 Å². The molecule has 0 saturated heterocycles. The van der Waals surface area contributed by atoms with Crippen LogP contribution in [-0.4, -0.2) is 32.7 Å². The van der Waals surface area contributed by atoms with Crippen LogP contribution in [0.5, 0.6) is 0 Å². The van der Waals surface area contributed by atoms with E-state index in [4.69, 9.17) is 4.42 Å². The number of nitrogens with zero attached hydrogens (tertiary/aromatic N) is 2. The molecule has 8 heteroatoms. The lowest BCUT2D eigenvalue weighted by atomic mass is 10.1. The van der Waals surface area contributed by atoms with Crippen LogP contribution >= 0.6 is 0 Å². The molecule has 2 N–H and O–H groups in total. The molecule has 0 amide bonds. The third-order valence-electron chi connectivity index (χ3n) is 3.80. The number of nitrogens with one attached hydrogen (secondary N) is 2. The number of aliphatic imine (C=N–C) groups is 1. The second kappa shape index (κ2) is 7.69. The maximum absolute atomic E-state index is 11.7. The molecule has 0 spiro atoms. The largest absolute Gasteiger partial charge is 0.444 e. The Bertz CT molecular complexity index is 866. The molecule has 1 aromatic heterocycles. The van der Waals surface area contributed by atoms with Crippen LogP contribution in [0.25, 0.3) is 0 Å². The summed E-state index contributed by atoms with van der Waals surface area (Å²) >= 11 is 0. The van der Waals surface area contributed by atoms with Crippen molar-refractivity contribution in [1.29, 1.82) is 0 Å². The molecule has 0 aliphatic carbocycles. The standard InChI is InChI=1S/C17H24N4O3S/c1-11-8-14(6-7-15(11)25(5,22)23)9-19-17(18-4)20-10-16-21-12(2)13(3)24-16/h6-8H,9-10H2,1-5H3,(H2,18,19,20). The summed E-state index contributed by atoms with van der Waals surface area (Å²) in [5, 5.41) is 6.32. The van der Waals surface area contributed by atoms with Gasteiger partial charge in [-0.3, -0.25) is 4.99 Å². The zero-order valence-corrected chi connectivity index (χ0v) is 16.0. The highest BCUT2D eigenvalue weighted by molar-refractivity contribution is 7.90. The number of oxazole rings is 1. The monoisotopic (exact) mass is 364 g/mol. The number of benzene rings is 1. The highest BCUT2D eigenvalue weighted by Crippen LogP contribution is 2.16. The minimum Gasteiger partial charge on any atom is -0.444 e. The molecule has 0 aliphatic rings. The zero-order valence-electron chi connectivity index (χ0n) is 15.2. The van der Waals surface area contributed by atoms with Crippen LogP contribution in [0.1, 0.15) is 28.5 Å². The second-order valence-corrected chi connectivity index (χ2v) is 7.88. The summed E-state index contributed by atoms with van der Waals surface area (Å²) in [4.78, 5) is 8.82. The Hall–Kier alpha value is -2.35. The van der Waals surface area contributed by atoms with E-state index in [2.05, 4.69) is 20.6 Å². The van der Waals surface area contributed by atoms with Crippen molar-refractivity contribution >= 4 is 15.8 Å². The fraction of sp³-hybridized carbons (Fsp3) is 0.412. The SMILES string of the molecule is CN=C(NCc1ccc(S(C)(=O)=O)c(C)c1)NCc1nc(C)c(C)o1. The van der Waals surface area contributed by atoms with E-state index in [9.17, 15) is 8.42 Å². The van der Waals surface area contributed by atoms with Crippen LogP contribution < -0.4 is 10.6 Å². The van der Waals surface area contributed by atoms with Gasteiger partial charge >= 0.3 is 0 Å². The van der Waals surface area contributed by atoms with Crippen molar-refractivity contribution in [3.05, 3.63) is 46.7 Å². The van der Waals surface area contributed by atoms with Crippen LogP contribution in [0, 0.1) is 20.8 Å². The van der Waals surface area contributed by atoms with Crippen LogP contribution in [0.15, 0.2) is 32.5 Å². The van der Waals surface area contributed by atoms with Gasteiger partial charge in [0.15, 0.2) is 15.8 Å². The fourth-order valence-electron chi connectivity index (χ4n) is 2.42. The van der Waals surface area contributed by atoms with Crippen molar-refractivity contribution < 1.29 is 12.8 Å². The first-order valence-corrected chi connectivity index (χ1v) is 9.77. The Morgan fingerprint density at radius 2 is 1.88 bits per heavy atom. The lowest BCUT2D eigenvalue weighted by molar-refractivity contribution is 0.463. The first-order valence-electron chi connectivity index (χ1n) is 7.87. The summed E-state index contributed by atoms with van der Waals surface area (Å²) in [6.07, 6.45) is 1.21. The molecule has 0 fully saturated rings. The average Bonchev–Trinajstić information content (AvgIpc) is 2.84. The molecule has 1 heterocycles. The number of hydrogen-bond donors (Lipinski definition) is 2. The Morgan fingerprint density at radius 1 is 1.20 bits per heavy atom. The zero-order chi connectivity index (χ0) is 18.6. The van der Waals surface area contributed by atoms with Gasteiger partial charge in [0, 0.05) is 19.8 Å². The van der Waals surface area contributed by atoms with Crippen LogP contribution in [-0.2, 0) is 22.9 Å². The smallest absolute Gasteiger partial charge is 0.214 e. The molecule has 2 rings (SSSR count). The maximum Gasteiger partial charge on any atom is 0.214 e. The van der Waals surface area contributed by atoms with Crippen molar-refractivity contribution in [2.45, 2.75) is 38.8 Å². The topological polar surface area (TPSA) is 96.6 Å². The lowest BCUT2D eigenvalue weighted by Crippen LogP contribution is -2.36. The van der Waals surface area contributed by atoms with Crippen molar-refractivity contribution in [3.63, 3.8) is 0 Å². The van der Waals surface area contributed by atoms with Gasteiger partial charge in [0.25, 0.3) is 0 Å². The quantitative estimate of drug-likeness (QED) is 0.621. The highest BCUT2D eigenvalue weighted by atomic mass is 32.2. The minimum atomic E-state index is -3.20. The molecule has 0 saturated carbocycles. The summed E-state index contributed by atoms with van der Waals surface area (Å²) in [7, 11) is -1.52. The molecule has 0 unspecified atom stereocenters. The minimum absolute atomic E-state index is 0.355. The normalized spacial score (nSPS) is 12.3. The van der Waals surface area contributed by atoms with Crippen LogP contribution in [0.3, 0.4) is 0 Å². The molecule has 0 atom stereocenters. The molecule has 7 nitrogen and oxygen atoms in total. The fourth-order valence-corrected chi connectivity index (χ4v) is 3.38. The van der Waals surface area contributed by atoms with Gasteiger partial charge in [0.1, 0.15) is 5.76 Å². The summed E-state index contributed by atoms with van der Waals surface area (Å²) in [6.45, 7) is 6.52. The Balaban J connectivity index is 1.95. The summed E-state index contributed by atoms with van der Waals surface area (Å²) < 4.78 is 28.8. The molecule has 1 aromatic carbocycles. The van der Waals surface area contributed by atoms with Gasteiger partial charge in [0.2, 0.25) is 5.89 Å². The number of aryl methyl sites for hydroxylation is 3. The van der Waals surface area contributed by atoms with Crippen molar-refractivity contribution in [1.82, 2.24) is 15.6 Å². The number of guanidine groups is 1. The van der Waals surface area contributed by atoms with Gasteiger partial charge < -0.3 is 15.1 Å². The van der Waals surface area contributed by atoms with Gasteiger partial charge in [-0.15, -0.1) is 0 Å². The van der Waals surface area contributed by atoms with Gasteiger partial charge in [-0.25, -0.2) is 13.4 Å². The van der Waals surface area contributed by atoms with E-state index in [0.717, 1.165) is 22.6 Å². The van der Waals surface area contributed by atoms with Crippen LogP contribution in [0.4, 0.5) is 0 Å². The molecule has 0 radical (unpaired) electrons. The predicted octanol–water partition coefficient (Wildman–Crippen LogP) is 1.87.